The fraction of sp³-hybridized carbons (Fsp3) is 0.333. The molecule has 22 heavy (non-hydrogen) atoms. The first-order valence-corrected chi connectivity index (χ1v) is 7.76. The lowest BCUT2D eigenvalue weighted by Gasteiger charge is -2.17. The van der Waals surface area contributed by atoms with Gasteiger partial charge in [0, 0.05) is 43.1 Å². The molecular formula is C18H21N3O. The van der Waals surface area contributed by atoms with Crippen molar-refractivity contribution < 1.29 is 4.79 Å². The van der Waals surface area contributed by atoms with Crippen molar-refractivity contribution in [3.05, 3.63) is 47.7 Å². The molecule has 2 N–H and O–H groups in total. The predicted molar refractivity (Wildman–Crippen MR) is 91.0 cm³/mol. The summed E-state index contributed by atoms with van der Waals surface area (Å²) >= 11 is 0. The third-order valence-electron chi connectivity index (χ3n) is 4.03. The Bertz CT molecular complexity index is 671. The molecule has 0 unspecified atom stereocenters. The first-order chi connectivity index (χ1) is 10.7. The van der Waals surface area contributed by atoms with Crippen LogP contribution in [0.5, 0.6) is 0 Å². The summed E-state index contributed by atoms with van der Waals surface area (Å²) in [6.07, 6.45) is 6.95. The Kier molecular flexibility index (Phi) is 4.37. The average molecular weight is 295 g/mol. The van der Waals surface area contributed by atoms with E-state index in [1.807, 2.05) is 6.20 Å². The topological polar surface area (TPSA) is 53.5 Å². The number of hydrogen-bond acceptors (Lipinski definition) is 3. The van der Waals surface area contributed by atoms with Crippen LogP contribution in [0.1, 0.15) is 31.7 Å². The predicted octanol–water partition coefficient (Wildman–Crippen LogP) is 3.14. The smallest absolute Gasteiger partial charge is 0.217 e. The summed E-state index contributed by atoms with van der Waals surface area (Å²) in [5.74, 6) is -0.0181. The van der Waals surface area contributed by atoms with Crippen molar-refractivity contribution in [2.75, 3.05) is 18.4 Å². The molecule has 4 nitrogen and oxygen atoms in total. The standard InChI is InChI=1S/C18H21N3O/c1-13(22)21-12-15-11-14(8-10-19-15)16-6-4-9-20-18-7-3-2-5-17(16)18/h2-3,5,7-8,10,20H,4,6,9,11-12H2,1H3,(H,21,22). The van der Waals surface area contributed by atoms with Gasteiger partial charge in [-0.3, -0.25) is 9.79 Å². The van der Waals surface area contributed by atoms with Crippen molar-refractivity contribution in [1.29, 1.82) is 0 Å². The van der Waals surface area contributed by atoms with Crippen LogP contribution in [0.25, 0.3) is 5.57 Å². The number of anilines is 1. The second-order valence-electron chi connectivity index (χ2n) is 5.68. The minimum atomic E-state index is -0.0181. The minimum absolute atomic E-state index is 0.0181. The summed E-state index contributed by atoms with van der Waals surface area (Å²) in [5.41, 5.74) is 6.22. The number of carbonyl (C=O) groups excluding carboxylic acids is 1. The SMILES string of the molecule is CC(=O)NCC1=NC=CC(=C2CCCNc3ccccc32)C1. The Morgan fingerprint density at radius 2 is 2.23 bits per heavy atom. The Labute approximate surface area is 131 Å². The van der Waals surface area contributed by atoms with E-state index in [2.05, 4.69) is 46.0 Å². The van der Waals surface area contributed by atoms with Gasteiger partial charge in [0.2, 0.25) is 5.91 Å². The zero-order valence-corrected chi connectivity index (χ0v) is 12.9. The van der Waals surface area contributed by atoms with Gasteiger partial charge in [-0.1, -0.05) is 18.2 Å². The van der Waals surface area contributed by atoms with Crippen LogP contribution in [0.15, 0.2) is 47.1 Å². The monoisotopic (exact) mass is 295 g/mol. The molecular weight excluding hydrogens is 274 g/mol. The van der Waals surface area contributed by atoms with Crippen LogP contribution >= 0.6 is 0 Å². The number of hydrogen-bond donors (Lipinski definition) is 2. The molecule has 2 aliphatic heterocycles. The molecule has 0 aliphatic carbocycles. The maximum atomic E-state index is 11.1. The van der Waals surface area contributed by atoms with Gasteiger partial charge < -0.3 is 10.6 Å². The molecule has 114 valence electrons. The van der Waals surface area contributed by atoms with Crippen molar-refractivity contribution in [1.82, 2.24) is 5.32 Å². The van der Waals surface area contributed by atoms with Gasteiger partial charge >= 0.3 is 0 Å². The highest BCUT2D eigenvalue weighted by Gasteiger charge is 2.17. The molecule has 0 bridgehead atoms. The number of fused-ring (bicyclic) bond motifs is 1. The molecule has 0 saturated heterocycles. The van der Waals surface area contributed by atoms with Gasteiger partial charge in [0.15, 0.2) is 0 Å². The van der Waals surface area contributed by atoms with E-state index in [4.69, 9.17) is 0 Å². The molecule has 0 spiro atoms. The Morgan fingerprint density at radius 1 is 1.36 bits per heavy atom. The summed E-state index contributed by atoms with van der Waals surface area (Å²) in [4.78, 5) is 15.5. The molecule has 1 aromatic rings. The van der Waals surface area contributed by atoms with E-state index in [1.54, 1.807) is 0 Å². The summed E-state index contributed by atoms with van der Waals surface area (Å²) in [6, 6.07) is 8.48. The van der Waals surface area contributed by atoms with Gasteiger partial charge in [0.1, 0.15) is 0 Å². The molecule has 1 aromatic carbocycles. The first kappa shape index (κ1) is 14.6. The van der Waals surface area contributed by atoms with Crippen LogP contribution in [0, 0.1) is 0 Å². The molecule has 2 aliphatic rings. The van der Waals surface area contributed by atoms with Crippen LogP contribution in [0.4, 0.5) is 5.69 Å². The zero-order valence-electron chi connectivity index (χ0n) is 12.9. The highest BCUT2D eigenvalue weighted by Crippen LogP contribution is 2.34. The van der Waals surface area contributed by atoms with Crippen molar-refractivity contribution >= 4 is 22.9 Å². The highest BCUT2D eigenvalue weighted by molar-refractivity contribution is 5.95. The van der Waals surface area contributed by atoms with Crippen LogP contribution in [-0.4, -0.2) is 24.7 Å². The summed E-state index contributed by atoms with van der Waals surface area (Å²) in [6.45, 7) is 3.06. The van der Waals surface area contributed by atoms with E-state index in [0.717, 1.165) is 31.5 Å². The molecule has 0 aromatic heterocycles. The summed E-state index contributed by atoms with van der Waals surface area (Å²) < 4.78 is 0. The van der Waals surface area contributed by atoms with E-state index in [1.165, 1.54) is 29.3 Å². The first-order valence-electron chi connectivity index (χ1n) is 7.76. The number of para-hydroxylation sites is 1. The molecule has 0 atom stereocenters. The van der Waals surface area contributed by atoms with Crippen LogP contribution < -0.4 is 10.6 Å². The lowest BCUT2D eigenvalue weighted by atomic mass is 9.91. The molecule has 0 saturated carbocycles. The highest BCUT2D eigenvalue weighted by atomic mass is 16.1. The third-order valence-corrected chi connectivity index (χ3v) is 4.03. The van der Waals surface area contributed by atoms with Gasteiger partial charge in [0.05, 0.1) is 6.54 Å². The molecule has 1 amide bonds. The van der Waals surface area contributed by atoms with Crippen molar-refractivity contribution in [2.45, 2.75) is 26.2 Å². The quantitative estimate of drug-likeness (QED) is 0.880. The van der Waals surface area contributed by atoms with E-state index in [-0.39, 0.29) is 5.91 Å². The average Bonchev–Trinajstić information content (AvgIpc) is 2.75. The summed E-state index contributed by atoms with van der Waals surface area (Å²) in [5, 5.41) is 6.33. The van der Waals surface area contributed by atoms with E-state index >= 15 is 0 Å². The molecule has 0 radical (unpaired) electrons. The van der Waals surface area contributed by atoms with E-state index < -0.39 is 0 Å². The maximum absolute atomic E-state index is 11.1. The van der Waals surface area contributed by atoms with Crippen LogP contribution in [-0.2, 0) is 4.79 Å². The van der Waals surface area contributed by atoms with Crippen LogP contribution in [0.2, 0.25) is 0 Å². The van der Waals surface area contributed by atoms with Gasteiger partial charge in [0.25, 0.3) is 0 Å². The van der Waals surface area contributed by atoms with Crippen molar-refractivity contribution in [3.8, 4) is 0 Å². The van der Waals surface area contributed by atoms with E-state index in [0.29, 0.717) is 6.54 Å². The minimum Gasteiger partial charge on any atom is -0.385 e. The normalized spacial score (nSPS) is 20.5. The maximum Gasteiger partial charge on any atom is 0.217 e. The Balaban J connectivity index is 1.89. The lowest BCUT2D eigenvalue weighted by molar-refractivity contribution is -0.118. The number of aliphatic imine (C=N–C) groups is 1. The Morgan fingerprint density at radius 3 is 3.09 bits per heavy atom. The Hall–Kier alpha value is -2.36. The molecule has 2 heterocycles. The van der Waals surface area contributed by atoms with Gasteiger partial charge in [-0.2, -0.15) is 0 Å². The second-order valence-corrected chi connectivity index (χ2v) is 5.68. The molecule has 0 fully saturated rings. The van der Waals surface area contributed by atoms with Crippen LogP contribution in [0.3, 0.4) is 0 Å². The zero-order chi connectivity index (χ0) is 15.4. The second kappa shape index (κ2) is 6.60. The fourth-order valence-corrected chi connectivity index (χ4v) is 2.96. The number of allylic oxidation sites excluding steroid dienone is 3. The number of amides is 1. The fourth-order valence-electron chi connectivity index (χ4n) is 2.96. The summed E-state index contributed by atoms with van der Waals surface area (Å²) in [7, 11) is 0. The number of rotatable bonds is 2. The third kappa shape index (κ3) is 3.27. The van der Waals surface area contributed by atoms with Crippen molar-refractivity contribution in [2.24, 2.45) is 4.99 Å². The van der Waals surface area contributed by atoms with Gasteiger partial charge in [-0.15, -0.1) is 0 Å². The molecule has 4 heteroatoms. The van der Waals surface area contributed by atoms with Gasteiger partial charge in [-0.25, -0.2) is 0 Å². The number of nitrogens with zero attached hydrogens (tertiary/aromatic N) is 1. The van der Waals surface area contributed by atoms with Gasteiger partial charge in [-0.05, 0) is 36.1 Å². The number of carbonyl (C=O) groups is 1. The largest absolute Gasteiger partial charge is 0.385 e. The number of nitrogens with one attached hydrogen (secondary N) is 2. The lowest BCUT2D eigenvalue weighted by Crippen LogP contribution is -2.27. The number of benzene rings is 1. The molecule has 3 rings (SSSR count). The van der Waals surface area contributed by atoms with Crippen molar-refractivity contribution in [3.63, 3.8) is 0 Å². The van der Waals surface area contributed by atoms with E-state index in [9.17, 15) is 4.79 Å².